The maximum atomic E-state index is 4.27. The first-order valence-electron chi connectivity index (χ1n) is 5.16. The van der Waals surface area contributed by atoms with Gasteiger partial charge in [-0.1, -0.05) is 13.8 Å². The van der Waals surface area contributed by atoms with Crippen molar-refractivity contribution in [3.63, 3.8) is 0 Å². The molecule has 3 heteroatoms. The van der Waals surface area contributed by atoms with Crippen molar-refractivity contribution in [3.8, 4) is 0 Å². The SMILES string of the molecule is Cc1cnc(CNCCC(C)C)cn1. The molecule has 0 amide bonds. The summed E-state index contributed by atoms with van der Waals surface area (Å²) in [6, 6.07) is 0. The molecule has 1 aromatic rings. The van der Waals surface area contributed by atoms with Crippen molar-refractivity contribution < 1.29 is 0 Å². The van der Waals surface area contributed by atoms with Crippen LogP contribution in [0.1, 0.15) is 31.7 Å². The Morgan fingerprint density at radius 3 is 2.64 bits per heavy atom. The van der Waals surface area contributed by atoms with Crippen LogP contribution in [-0.4, -0.2) is 16.5 Å². The zero-order valence-electron chi connectivity index (χ0n) is 9.25. The van der Waals surface area contributed by atoms with E-state index < -0.39 is 0 Å². The number of aryl methyl sites for hydroxylation is 1. The van der Waals surface area contributed by atoms with Gasteiger partial charge in [0, 0.05) is 18.9 Å². The molecule has 0 aromatic carbocycles. The lowest BCUT2D eigenvalue weighted by atomic mass is 10.1. The molecule has 1 N–H and O–H groups in total. The second-order valence-electron chi connectivity index (χ2n) is 4.01. The average Bonchev–Trinajstić information content (AvgIpc) is 2.15. The van der Waals surface area contributed by atoms with Gasteiger partial charge in [0.25, 0.3) is 0 Å². The molecule has 0 aliphatic heterocycles. The van der Waals surface area contributed by atoms with Crippen LogP contribution in [0.25, 0.3) is 0 Å². The van der Waals surface area contributed by atoms with Crippen LogP contribution in [0.4, 0.5) is 0 Å². The smallest absolute Gasteiger partial charge is 0.0724 e. The van der Waals surface area contributed by atoms with Gasteiger partial charge in [0.15, 0.2) is 0 Å². The van der Waals surface area contributed by atoms with Crippen LogP contribution >= 0.6 is 0 Å². The molecule has 1 aromatic heterocycles. The Labute approximate surface area is 86.0 Å². The molecule has 0 atom stereocenters. The molecule has 1 heterocycles. The van der Waals surface area contributed by atoms with Gasteiger partial charge in [0.2, 0.25) is 0 Å². The van der Waals surface area contributed by atoms with Gasteiger partial charge in [0.05, 0.1) is 11.4 Å². The molecule has 0 bridgehead atoms. The minimum Gasteiger partial charge on any atom is -0.311 e. The molecule has 0 spiro atoms. The number of nitrogens with one attached hydrogen (secondary N) is 1. The molecular weight excluding hydrogens is 174 g/mol. The lowest BCUT2D eigenvalue weighted by Crippen LogP contribution is -2.17. The Morgan fingerprint density at radius 2 is 2.07 bits per heavy atom. The lowest BCUT2D eigenvalue weighted by Gasteiger charge is -2.06. The molecule has 0 saturated heterocycles. The van der Waals surface area contributed by atoms with Gasteiger partial charge >= 0.3 is 0 Å². The molecular formula is C11H19N3. The zero-order valence-corrected chi connectivity index (χ0v) is 9.25. The highest BCUT2D eigenvalue weighted by molar-refractivity contribution is 4.99. The maximum Gasteiger partial charge on any atom is 0.0724 e. The monoisotopic (exact) mass is 193 g/mol. The van der Waals surface area contributed by atoms with Crippen LogP contribution < -0.4 is 5.32 Å². The minimum absolute atomic E-state index is 0.756. The average molecular weight is 193 g/mol. The highest BCUT2D eigenvalue weighted by Crippen LogP contribution is 1.97. The van der Waals surface area contributed by atoms with Crippen LogP contribution in [0.2, 0.25) is 0 Å². The third kappa shape index (κ3) is 4.33. The largest absolute Gasteiger partial charge is 0.311 e. The van der Waals surface area contributed by atoms with E-state index in [1.807, 2.05) is 13.1 Å². The first-order chi connectivity index (χ1) is 6.68. The van der Waals surface area contributed by atoms with Gasteiger partial charge in [-0.3, -0.25) is 9.97 Å². The molecule has 0 saturated carbocycles. The number of aromatic nitrogens is 2. The molecule has 3 nitrogen and oxygen atoms in total. The van der Waals surface area contributed by atoms with E-state index in [1.54, 1.807) is 6.20 Å². The molecule has 78 valence electrons. The predicted molar refractivity (Wildman–Crippen MR) is 57.9 cm³/mol. The summed E-state index contributed by atoms with van der Waals surface area (Å²) in [7, 11) is 0. The van der Waals surface area contributed by atoms with Crippen molar-refractivity contribution in [1.82, 2.24) is 15.3 Å². The van der Waals surface area contributed by atoms with E-state index in [9.17, 15) is 0 Å². The van der Waals surface area contributed by atoms with Gasteiger partial charge in [-0.05, 0) is 25.8 Å². The lowest BCUT2D eigenvalue weighted by molar-refractivity contribution is 0.534. The third-order valence-electron chi connectivity index (χ3n) is 2.04. The first kappa shape index (κ1) is 11.1. The highest BCUT2D eigenvalue weighted by Gasteiger charge is 1.96. The van der Waals surface area contributed by atoms with E-state index in [2.05, 4.69) is 29.1 Å². The number of rotatable bonds is 5. The fraction of sp³-hybridized carbons (Fsp3) is 0.636. The summed E-state index contributed by atoms with van der Waals surface area (Å²) in [6.07, 6.45) is 4.84. The van der Waals surface area contributed by atoms with Crippen molar-refractivity contribution in [1.29, 1.82) is 0 Å². The van der Waals surface area contributed by atoms with Crippen LogP contribution in [0.5, 0.6) is 0 Å². The summed E-state index contributed by atoms with van der Waals surface area (Å²) < 4.78 is 0. The van der Waals surface area contributed by atoms with Crippen LogP contribution in [0.15, 0.2) is 12.4 Å². The zero-order chi connectivity index (χ0) is 10.4. The van der Waals surface area contributed by atoms with Crippen LogP contribution in [0.3, 0.4) is 0 Å². The Kier molecular flexibility index (Phi) is 4.53. The van der Waals surface area contributed by atoms with Crippen LogP contribution in [-0.2, 0) is 6.54 Å². The fourth-order valence-electron chi connectivity index (χ4n) is 1.12. The highest BCUT2D eigenvalue weighted by atomic mass is 14.9. The Hall–Kier alpha value is -0.960. The molecule has 0 fully saturated rings. The minimum atomic E-state index is 0.756. The Bertz CT molecular complexity index is 254. The fourth-order valence-corrected chi connectivity index (χ4v) is 1.12. The summed E-state index contributed by atoms with van der Waals surface area (Å²) in [5.41, 5.74) is 1.98. The summed E-state index contributed by atoms with van der Waals surface area (Å²) >= 11 is 0. The topological polar surface area (TPSA) is 37.8 Å². The number of nitrogens with zero attached hydrogens (tertiary/aromatic N) is 2. The van der Waals surface area contributed by atoms with E-state index in [0.717, 1.165) is 30.4 Å². The molecule has 14 heavy (non-hydrogen) atoms. The van der Waals surface area contributed by atoms with E-state index in [4.69, 9.17) is 0 Å². The van der Waals surface area contributed by atoms with Crippen molar-refractivity contribution in [2.45, 2.75) is 33.7 Å². The summed E-state index contributed by atoms with van der Waals surface area (Å²) in [5.74, 6) is 0.756. The Morgan fingerprint density at radius 1 is 1.29 bits per heavy atom. The van der Waals surface area contributed by atoms with Crippen molar-refractivity contribution in [2.75, 3.05) is 6.54 Å². The third-order valence-corrected chi connectivity index (χ3v) is 2.04. The van der Waals surface area contributed by atoms with E-state index in [-0.39, 0.29) is 0 Å². The maximum absolute atomic E-state index is 4.27. The normalized spacial score (nSPS) is 10.9. The molecule has 0 radical (unpaired) electrons. The van der Waals surface area contributed by atoms with Gasteiger partial charge in [0.1, 0.15) is 0 Å². The van der Waals surface area contributed by atoms with Gasteiger partial charge in [-0.25, -0.2) is 0 Å². The molecule has 1 rings (SSSR count). The van der Waals surface area contributed by atoms with Gasteiger partial charge in [-0.15, -0.1) is 0 Å². The van der Waals surface area contributed by atoms with Gasteiger partial charge < -0.3 is 5.32 Å². The Balaban J connectivity index is 2.21. The van der Waals surface area contributed by atoms with E-state index >= 15 is 0 Å². The molecule has 0 aliphatic carbocycles. The number of hydrogen-bond acceptors (Lipinski definition) is 3. The summed E-state index contributed by atoms with van der Waals surface area (Å²) in [4.78, 5) is 8.46. The first-order valence-corrected chi connectivity index (χ1v) is 5.16. The van der Waals surface area contributed by atoms with Crippen LogP contribution in [0, 0.1) is 12.8 Å². The summed E-state index contributed by atoms with van der Waals surface area (Å²) in [5, 5.41) is 3.35. The summed E-state index contributed by atoms with van der Waals surface area (Å²) in [6.45, 7) is 8.27. The predicted octanol–water partition coefficient (Wildman–Crippen LogP) is 1.92. The van der Waals surface area contributed by atoms with E-state index in [0.29, 0.717) is 0 Å². The van der Waals surface area contributed by atoms with Gasteiger partial charge in [-0.2, -0.15) is 0 Å². The number of hydrogen-bond donors (Lipinski definition) is 1. The van der Waals surface area contributed by atoms with Crippen molar-refractivity contribution >= 4 is 0 Å². The van der Waals surface area contributed by atoms with E-state index in [1.165, 1.54) is 6.42 Å². The quantitative estimate of drug-likeness (QED) is 0.726. The standard InChI is InChI=1S/C11H19N3/c1-9(2)4-5-12-7-11-8-13-10(3)6-14-11/h6,8-9,12H,4-5,7H2,1-3H3. The second kappa shape index (κ2) is 5.70. The molecule has 0 aliphatic rings. The second-order valence-corrected chi connectivity index (χ2v) is 4.01. The van der Waals surface area contributed by atoms with Crippen molar-refractivity contribution in [2.24, 2.45) is 5.92 Å². The van der Waals surface area contributed by atoms with Crippen molar-refractivity contribution in [3.05, 3.63) is 23.8 Å². The molecule has 0 unspecified atom stereocenters.